The highest BCUT2D eigenvalue weighted by Gasteiger charge is 2.35. The van der Waals surface area contributed by atoms with Crippen LogP contribution in [0, 0.1) is 18.3 Å². The maximum atomic E-state index is 6.28. The van der Waals surface area contributed by atoms with Crippen LogP contribution in [-0.4, -0.2) is 25.1 Å². The smallest absolute Gasteiger partial charge is 0.210 e. The van der Waals surface area contributed by atoms with Gasteiger partial charge in [0.1, 0.15) is 11.8 Å². The van der Waals surface area contributed by atoms with Crippen molar-refractivity contribution in [3.63, 3.8) is 0 Å². The van der Waals surface area contributed by atoms with Gasteiger partial charge < -0.3 is 16.2 Å². The highest BCUT2D eigenvalue weighted by molar-refractivity contribution is 9.10. The first-order chi connectivity index (χ1) is 15.1. The molecule has 0 amide bonds. The molecule has 2 fully saturated rings. The van der Waals surface area contributed by atoms with Crippen molar-refractivity contribution in [2.75, 3.05) is 7.05 Å². The lowest BCUT2D eigenvalue weighted by Gasteiger charge is -2.40. The molecule has 3 rings (SSSR count). The van der Waals surface area contributed by atoms with Gasteiger partial charge in [-0.15, -0.1) is 0 Å². The topological polar surface area (TPSA) is 86.0 Å². The Morgan fingerprint density at radius 1 is 1.19 bits per heavy atom. The quantitative estimate of drug-likeness (QED) is 0.341. The van der Waals surface area contributed by atoms with Crippen LogP contribution >= 0.6 is 15.9 Å². The highest BCUT2D eigenvalue weighted by atomic mass is 79.9. The molecule has 2 saturated carbocycles. The van der Waals surface area contributed by atoms with Gasteiger partial charge in [0.25, 0.3) is 0 Å². The molecule has 0 saturated heterocycles. The Balaban J connectivity index is 1.67. The third-order valence-electron chi connectivity index (χ3n) is 6.96. The van der Waals surface area contributed by atoms with Crippen LogP contribution < -0.4 is 11.5 Å². The molecule has 1 aromatic carbocycles. The Labute approximate surface area is 201 Å². The molecule has 32 heavy (non-hydrogen) atoms. The minimum atomic E-state index is 0.0879. The van der Waals surface area contributed by atoms with Gasteiger partial charge in [0.2, 0.25) is 5.88 Å². The molecular formula is C26H37BrN4O. The summed E-state index contributed by atoms with van der Waals surface area (Å²) in [5.41, 5.74) is 17.2. The van der Waals surface area contributed by atoms with Crippen LogP contribution in [0.15, 0.2) is 50.3 Å². The number of hydrogen-bond donors (Lipinski definition) is 2. The van der Waals surface area contributed by atoms with E-state index in [1.165, 1.54) is 24.0 Å². The molecule has 6 heteroatoms. The Morgan fingerprint density at radius 3 is 2.53 bits per heavy atom. The van der Waals surface area contributed by atoms with Gasteiger partial charge in [-0.1, -0.05) is 36.7 Å². The molecule has 2 aliphatic rings. The Bertz CT molecular complexity index is 957. The lowest BCUT2D eigenvalue weighted by molar-refractivity contribution is 0.00511. The number of ether oxygens (including phenoxy) is 1. The van der Waals surface area contributed by atoms with Crippen molar-refractivity contribution in [3.05, 3.63) is 51.5 Å². The molecule has 0 aromatic heterocycles. The van der Waals surface area contributed by atoms with Crippen molar-refractivity contribution in [2.24, 2.45) is 32.8 Å². The Kier molecular flexibility index (Phi) is 7.86. The van der Waals surface area contributed by atoms with Crippen LogP contribution in [-0.2, 0) is 4.74 Å². The standard InChI is InChI=1S/C26H37BrN4O/c1-16-13-23(20(14-21(16)27)18-9-10-18)31-12-6-7-22(30-5)24(28)25(29)32-19-11-8-17(2)26(3,4)15-19/h6-7,12-14,17-19H,8-11,15,28-29H2,1-5H3/b7-6-,25-24-,30-22?,31-12?. The molecule has 0 spiro atoms. The van der Waals surface area contributed by atoms with E-state index in [1.807, 2.05) is 12.2 Å². The summed E-state index contributed by atoms with van der Waals surface area (Å²) in [6.07, 6.45) is 11.1. The van der Waals surface area contributed by atoms with Gasteiger partial charge in [0.15, 0.2) is 0 Å². The first-order valence-corrected chi connectivity index (χ1v) is 12.3. The van der Waals surface area contributed by atoms with E-state index in [1.54, 1.807) is 13.3 Å². The number of nitrogens with two attached hydrogens (primary N) is 2. The van der Waals surface area contributed by atoms with E-state index in [9.17, 15) is 0 Å². The van der Waals surface area contributed by atoms with E-state index in [-0.39, 0.29) is 17.4 Å². The van der Waals surface area contributed by atoms with Gasteiger partial charge in [-0.3, -0.25) is 9.98 Å². The molecule has 1 aromatic rings. The first kappa shape index (κ1) is 24.6. The first-order valence-electron chi connectivity index (χ1n) is 11.5. The average molecular weight is 502 g/mol. The van der Waals surface area contributed by atoms with Crippen LogP contribution in [0.25, 0.3) is 0 Å². The fraction of sp³-hybridized carbons (Fsp3) is 0.538. The fourth-order valence-corrected chi connectivity index (χ4v) is 4.60. The predicted molar refractivity (Wildman–Crippen MR) is 139 cm³/mol. The minimum absolute atomic E-state index is 0.0879. The van der Waals surface area contributed by atoms with E-state index in [0.717, 1.165) is 29.4 Å². The van der Waals surface area contributed by atoms with Crippen LogP contribution in [0.1, 0.15) is 69.9 Å². The van der Waals surface area contributed by atoms with Crippen molar-refractivity contribution in [1.82, 2.24) is 0 Å². The maximum absolute atomic E-state index is 6.28. The maximum Gasteiger partial charge on any atom is 0.210 e. The van der Waals surface area contributed by atoms with Crippen LogP contribution in [0.2, 0.25) is 0 Å². The number of halogens is 1. The van der Waals surface area contributed by atoms with Gasteiger partial charge in [-0.2, -0.15) is 0 Å². The Morgan fingerprint density at radius 2 is 1.91 bits per heavy atom. The molecule has 0 aliphatic heterocycles. The van der Waals surface area contributed by atoms with Gasteiger partial charge in [0, 0.05) is 17.7 Å². The zero-order valence-corrected chi connectivity index (χ0v) is 21.6. The van der Waals surface area contributed by atoms with Crippen molar-refractivity contribution in [1.29, 1.82) is 0 Å². The van der Waals surface area contributed by atoms with Gasteiger partial charge in [-0.05, 0) is 91.7 Å². The zero-order valence-electron chi connectivity index (χ0n) is 20.0. The zero-order chi connectivity index (χ0) is 23.5. The SMILES string of the molecule is CN=C(/C=C\C=Nc1cc(C)c(Br)cc1C1CC1)/C(N)=C(\N)OC1CCC(C)C(C)(C)C1. The van der Waals surface area contributed by atoms with E-state index in [4.69, 9.17) is 16.2 Å². The van der Waals surface area contributed by atoms with Crippen LogP contribution in [0.5, 0.6) is 0 Å². The molecular weight excluding hydrogens is 464 g/mol. The van der Waals surface area contributed by atoms with Crippen molar-refractivity contribution >= 4 is 33.5 Å². The summed E-state index contributed by atoms with van der Waals surface area (Å²) in [5.74, 6) is 1.55. The summed E-state index contributed by atoms with van der Waals surface area (Å²) in [5, 5.41) is 0. The summed E-state index contributed by atoms with van der Waals surface area (Å²) in [7, 11) is 1.70. The average Bonchev–Trinajstić information content (AvgIpc) is 3.57. The number of benzene rings is 1. The lowest BCUT2D eigenvalue weighted by Crippen LogP contribution is -2.35. The number of hydrogen-bond acceptors (Lipinski definition) is 5. The molecule has 0 bridgehead atoms. The molecule has 2 unspecified atom stereocenters. The van der Waals surface area contributed by atoms with Crippen molar-refractivity contribution < 1.29 is 4.74 Å². The van der Waals surface area contributed by atoms with E-state index in [2.05, 4.69) is 65.7 Å². The number of rotatable bonds is 7. The molecule has 2 atom stereocenters. The third kappa shape index (κ3) is 6.03. The molecule has 174 valence electrons. The molecule has 0 heterocycles. The summed E-state index contributed by atoms with van der Waals surface area (Å²) >= 11 is 3.64. The predicted octanol–water partition coefficient (Wildman–Crippen LogP) is 6.28. The summed E-state index contributed by atoms with van der Waals surface area (Å²) < 4.78 is 7.19. The lowest BCUT2D eigenvalue weighted by atomic mass is 9.69. The molecule has 4 N–H and O–H groups in total. The van der Waals surface area contributed by atoms with Crippen molar-refractivity contribution in [3.8, 4) is 0 Å². The monoisotopic (exact) mass is 500 g/mol. The summed E-state index contributed by atoms with van der Waals surface area (Å²) in [6, 6.07) is 4.33. The van der Waals surface area contributed by atoms with Crippen LogP contribution in [0.3, 0.4) is 0 Å². The van der Waals surface area contributed by atoms with Crippen molar-refractivity contribution in [2.45, 2.75) is 71.8 Å². The van der Waals surface area contributed by atoms with Crippen LogP contribution in [0.4, 0.5) is 5.69 Å². The largest absolute Gasteiger partial charge is 0.475 e. The number of allylic oxidation sites excluding steroid dienone is 2. The van der Waals surface area contributed by atoms with Gasteiger partial charge in [0.05, 0.1) is 11.4 Å². The second kappa shape index (κ2) is 10.2. The highest BCUT2D eigenvalue weighted by Crippen LogP contribution is 2.46. The Hall–Kier alpha value is -2.08. The second-order valence-electron chi connectivity index (χ2n) is 9.87. The fourth-order valence-electron chi connectivity index (χ4n) is 4.24. The molecule has 0 radical (unpaired) electrons. The number of nitrogens with zero attached hydrogens (tertiary/aromatic N) is 2. The summed E-state index contributed by atoms with van der Waals surface area (Å²) in [4.78, 5) is 8.98. The third-order valence-corrected chi connectivity index (χ3v) is 7.82. The second-order valence-corrected chi connectivity index (χ2v) is 10.7. The van der Waals surface area contributed by atoms with Gasteiger partial charge >= 0.3 is 0 Å². The van der Waals surface area contributed by atoms with E-state index in [0.29, 0.717) is 23.2 Å². The molecule has 5 nitrogen and oxygen atoms in total. The van der Waals surface area contributed by atoms with E-state index >= 15 is 0 Å². The number of aliphatic imine (C=N–C) groups is 2. The van der Waals surface area contributed by atoms with E-state index < -0.39 is 0 Å². The van der Waals surface area contributed by atoms with Gasteiger partial charge in [-0.25, -0.2) is 0 Å². The summed E-state index contributed by atoms with van der Waals surface area (Å²) in [6.45, 7) is 8.97. The molecule has 2 aliphatic carbocycles. The normalized spacial score (nSPS) is 24.8. The minimum Gasteiger partial charge on any atom is -0.475 e. The number of aryl methyl sites for hydroxylation is 1.